The number of carbonyl (C=O) groups is 2. The lowest BCUT2D eigenvalue weighted by Crippen LogP contribution is -2.49. The Morgan fingerprint density at radius 1 is 1.05 bits per heavy atom. The number of hydrogen-bond acceptors (Lipinski definition) is 5. The molecular weight excluding hydrogens is 490 g/mol. The number of aliphatic hydroxyl groups excluding tert-OH is 1. The van der Waals surface area contributed by atoms with Crippen LogP contribution in [0.4, 0.5) is 5.69 Å². The van der Waals surface area contributed by atoms with Gasteiger partial charge in [0, 0.05) is 42.9 Å². The Morgan fingerprint density at radius 2 is 1.79 bits per heavy atom. The van der Waals surface area contributed by atoms with Gasteiger partial charge in [-0.25, -0.2) is 0 Å². The number of ether oxygens (including phenoxy) is 1. The van der Waals surface area contributed by atoms with Gasteiger partial charge in [-0.05, 0) is 63.6 Å². The molecule has 2 aromatic rings. The Hall–Kier alpha value is -2.90. The van der Waals surface area contributed by atoms with Crippen LogP contribution in [0, 0.1) is 5.92 Å². The number of anilines is 1. The van der Waals surface area contributed by atoms with Gasteiger partial charge in [-0.2, -0.15) is 0 Å². The molecule has 2 aromatic carbocycles. The van der Waals surface area contributed by atoms with Crippen LogP contribution in [0.25, 0.3) is 0 Å². The predicted molar refractivity (Wildman–Crippen MR) is 157 cm³/mol. The standard InChI is InChI=1S/C32H47N3O4/c1-22(2)11-9-12-24(5)33-21-30(36)29(17-25-13-7-6-8-14-25)34-32(38)26-18-27(35-16-10-15-31(35)37)20-28(19-26)39-23(3)4/h6-8,13-14,18-20,22-24,29-30,33,36H,9-12,15-17,21H2,1-5H3,(H,34,38). The molecule has 1 fully saturated rings. The largest absolute Gasteiger partial charge is 0.491 e. The predicted octanol–water partition coefficient (Wildman–Crippen LogP) is 5.11. The molecule has 0 radical (unpaired) electrons. The summed E-state index contributed by atoms with van der Waals surface area (Å²) >= 11 is 0. The molecule has 0 aromatic heterocycles. The number of rotatable bonds is 15. The van der Waals surface area contributed by atoms with Crippen molar-refractivity contribution in [1.82, 2.24) is 10.6 Å². The van der Waals surface area contributed by atoms with Crippen LogP contribution in [0.15, 0.2) is 48.5 Å². The fourth-order valence-electron chi connectivity index (χ4n) is 4.93. The molecule has 3 unspecified atom stereocenters. The Balaban J connectivity index is 1.76. The van der Waals surface area contributed by atoms with E-state index in [1.54, 1.807) is 17.0 Å². The van der Waals surface area contributed by atoms with Gasteiger partial charge >= 0.3 is 0 Å². The molecule has 0 saturated carbocycles. The van der Waals surface area contributed by atoms with Crippen molar-refractivity contribution >= 4 is 17.5 Å². The number of benzene rings is 2. The van der Waals surface area contributed by atoms with Crippen molar-refractivity contribution in [2.45, 2.75) is 97.4 Å². The fourth-order valence-corrected chi connectivity index (χ4v) is 4.93. The Labute approximate surface area is 234 Å². The summed E-state index contributed by atoms with van der Waals surface area (Å²) in [4.78, 5) is 27.7. The number of aliphatic hydroxyl groups is 1. The minimum atomic E-state index is -0.781. The Kier molecular flexibility index (Phi) is 11.8. The average Bonchev–Trinajstić information content (AvgIpc) is 3.32. The van der Waals surface area contributed by atoms with Crippen molar-refractivity contribution in [3.63, 3.8) is 0 Å². The summed E-state index contributed by atoms with van der Waals surface area (Å²) in [6.07, 6.45) is 4.31. The molecule has 2 amide bonds. The third-order valence-electron chi connectivity index (χ3n) is 7.08. The lowest BCUT2D eigenvalue weighted by molar-refractivity contribution is -0.117. The van der Waals surface area contributed by atoms with E-state index >= 15 is 0 Å². The van der Waals surface area contributed by atoms with E-state index in [1.807, 2.05) is 50.2 Å². The van der Waals surface area contributed by atoms with Crippen LogP contribution in [0.3, 0.4) is 0 Å². The third kappa shape index (κ3) is 9.97. The molecule has 214 valence electrons. The van der Waals surface area contributed by atoms with Crippen LogP contribution >= 0.6 is 0 Å². The zero-order valence-electron chi connectivity index (χ0n) is 24.3. The van der Waals surface area contributed by atoms with E-state index in [0.717, 1.165) is 24.8 Å². The first-order chi connectivity index (χ1) is 18.6. The van der Waals surface area contributed by atoms with Gasteiger partial charge in [0.15, 0.2) is 0 Å². The second-order valence-corrected chi connectivity index (χ2v) is 11.5. The maximum Gasteiger partial charge on any atom is 0.251 e. The Bertz CT molecular complexity index is 1060. The monoisotopic (exact) mass is 537 g/mol. The lowest BCUT2D eigenvalue weighted by Gasteiger charge is -2.27. The van der Waals surface area contributed by atoms with Gasteiger partial charge in [-0.3, -0.25) is 9.59 Å². The highest BCUT2D eigenvalue weighted by molar-refractivity contribution is 5.99. The summed E-state index contributed by atoms with van der Waals surface area (Å²) in [5.41, 5.74) is 2.10. The van der Waals surface area contributed by atoms with E-state index < -0.39 is 12.1 Å². The van der Waals surface area contributed by atoms with E-state index in [4.69, 9.17) is 4.74 Å². The highest BCUT2D eigenvalue weighted by Gasteiger charge is 2.26. The van der Waals surface area contributed by atoms with Crippen LogP contribution in [-0.2, 0) is 11.2 Å². The SMILES string of the molecule is CC(C)CCCC(C)NCC(O)C(Cc1ccccc1)NC(=O)c1cc(OC(C)C)cc(N2CCCC2=O)c1. The molecule has 3 atom stereocenters. The number of nitrogens with zero attached hydrogens (tertiary/aromatic N) is 1. The lowest BCUT2D eigenvalue weighted by atomic mass is 9.99. The molecule has 3 rings (SSSR count). The second-order valence-electron chi connectivity index (χ2n) is 11.5. The molecule has 0 spiro atoms. The molecule has 7 nitrogen and oxygen atoms in total. The van der Waals surface area contributed by atoms with Gasteiger partial charge in [-0.1, -0.05) is 57.0 Å². The summed E-state index contributed by atoms with van der Waals surface area (Å²) < 4.78 is 5.92. The topological polar surface area (TPSA) is 90.9 Å². The van der Waals surface area contributed by atoms with E-state index in [0.29, 0.717) is 48.8 Å². The normalized spacial score (nSPS) is 16.0. The first kappa shape index (κ1) is 30.6. The summed E-state index contributed by atoms with van der Waals surface area (Å²) in [5.74, 6) is 0.974. The van der Waals surface area contributed by atoms with Gasteiger partial charge in [0.25, 0.3) is 5.91 Å². The van der Waals surface area contributed by atoms with Crippen molar-refractivity contribution in [3.05, 3.63) is 59.7 Å². The van der Waals surface area contributed by atoms with Crippen LogP contribution < -0.4 is 20.3 Å². The highest BCUT2D eigenvalue weighted by Crippen LogP contribution is 2.28. The van der Waals surface area contributed by atoms with Crippen LogP contribution in [0.1, 0.15) is 82.6 Å². The molecule has 0 bridgehead atoms. The first-order valence-electron chi connectivity index (χ1n) is 14.5. The maximum atomic E-state index is 13.6. The van der Waals surface area contributed by atoms with E-state index in [-0.39, 0.29) is 24.0 Å². The molecule has 1 aliphatic heterocycles. The zero-order valence-corrected chi connectivity index (χ0v) is 24.3. The van der Waals surface area contributed by atoms with E-state index in [9.17, 15) is 14.7 Å². The number of amides is 2. The van der Waals surface area contributed by atoms with Crippen molar-refractivity contribution in [2.75, 3.05) is 18.0 Å². The molecule has 7 heteroatoms. The Morgan fingerprint density at radius 3 is 2.44 bits per heavy atom. The molecule has 1 aliphatic rings. The molecule has 3 N–H and O–H groups in total. The number of nitrogens with one attached hydrogen (secondary N) is 2. The average molecular weight is 538 g/mol. The molecular formula is C32H47N3O4. The fraction of sp³-hybridized carbons (Fsp3) is 0.562. The van der Waals surface area contributed by atoms with Crippen molar-refractivity contribution in [3.8, 4) is 5.75 Å². The second kappa shape index (κ2) is 15.0. The van der Waals surface area contributed by atoms with Gasteiger partial charge in [0.2, 0.25) is 5.91 Å². The first-order valence-corrected chi connectivity index (χ1v) is 14.5. The summed E-state index contributed by atoms with van der Waals surface area (Å²) in [5, 5.41) is 17.7. The van der Waals surface area contributed by atoms with Gasteiger partial charge in [0.1, 0.15) is 5.75 Å². The summed E-state index contributed by atoms with van der Waals surface area (Å²) in [7, 11) is 0. The van der Waals surface area contributed by atoms with Crippen LogP contribution in [0.2, 0.25) is 0 Å². The quantitative estimate of drug-likeness (QED) is 0.294. The van der Waals surface area contributed by atoms with Gasteiger partial charge in [0.05, 0.1) is 18.2 Å². The smallest absolute Gasteiger partial charge is 0.251 e. The highest BCUT2D eigenvalue weighted by atomic mass is 16.5. The number of carbonyl (C=O) groups excluding carboxylic acids is 2. The minimum absolute atomic E-state index is 0.0500. The van der Waals surface area contributed by atoms with Crippen LogP contribution in [-0.4, -0.2) is 54.3 Å². The third-order valence-corrected chi connectivity index (χ3v) is 7.08. The summed E-state index contributed by atoms with van der Waals surface area (Å²) in [6.45, 7) is 11.5. The van der Waals surface area contributed by atoms with Crippen molar-refractivity contribution in [1.29, 1.82) is 0 Å². The number of hydrogen-bond donors (Lipinski definition) is 3. The molecule has 1 saturated heterocycles. The zero-order chi connectivity index (χ0) is 28.4. The maximum absolute atomic E-state index is 13.6. The van der Waals surface area contributed by atoms with Crippen molar-refractivity contribution in [2.24, 2.45) is 5.92 Å². The van der Waals surface area contributed by atoms with Gasteiger partial charge < -0.3 is 25.4 Å². The van der Waals surface area contributed by atoms with Crippen LogP contribution in [0.5, 0.6) is 5.75 Å². The van der Waals surface area contributed by atoms with E-state index in [1.165, 1.54) is 6.42 Å². The minimum Gasteiger partial charge on any atom is -0.491 e. The van der Waals surface area contributed by atoms with Gasteiger partial charge in [-0.15, -0.1) is 0 Å². The summed E-state index contributed by atoms with van der Waals surface area (Å²) in [6, 6.07) is 14.9. The molecule has 39 heavy (non-hydrogen) atoms. The molecule has 1 heterocycles. The molecule has 0 aliphatic carbocycles. The van der Waals surface area contributed by atoms with Crippen molar-refractivity contribution < 1.29 is 19.4 Å². The van der Waals surface area contributed by atoms with E-state index in [2.05, 4.69) is 31.4 Å².